The van der Waals surface area contributed by atoms with Crippen LogP contribution in [0.1, 0.15) is 27.2 Å². The van der Waals surface area contributed by atoms with Gasteiger partial charge in [0.2, 0.25) is 0 Å². The van der Waals surface area contributed by atoms with Crippen LogP contribution in [0.2, 0.25) is 0 Å². The third-order valence-corrected chi connectivity index (χ3v) is 1.93. The summed E-state index contributed by atoms with van der Waals surface area (Å²) in [6, 6.07) is 0.155. The minimum atomic E-state index is 0.00523. The van der Waals surface area contributed by atoms with Gasteiger partial charge in [-0.15, -0.1) is 0 Å². The van der Waals surface area contributed by atoms with E-state index >= 15 is 0 Å². The van der Waals surface area contributed by atoms with Crippen molar-refractivity contribution in [1.29, 1.82) is 0 Å². The van der Waals surface area contributed by atoms with Gasteiger partial charge in [0.15, 0.2) is 0 Å². The molecule has 0 spiro atoms. The number of urea groups is 1. The molecule has 2 amide bonds. The molecular weight excluding hydrogens is 166 g/mol. The molecule has 0 rings (SSSR count). The van der Waals surface area contributed by atoms with Gasteiger partial charge in [0, 0.05) is 25.7 Å². The fraction of sp³-hybridized carbons (Fsp3) is 0.889. The third kappa shape index (κ3) is 5.47. The molecular formula is C9H21N3O. The van der Waals surface area contributed by atoms with E-state index in [2.05, 4.69) is 5.32 Å². The Kier molecular flexibility index (Phi) is 6.32. The van der Waals surface area contributed by atoms with Crippen LogP contribution < -0.4 is 11.1 Å². The van der Waals surface area contributed by atoms with E-state index in [0.29, 0.717) is 6.54 Å². The molecule has 1 unspecified atom stereocenters. The van der Waals surface area contributed by atoms with Gasteiger partial charge in [0.25, 0.3) is 0 Å². The van der Waals surface area contributed by atoms with Crippen molar-refractivity contribution in [2.75, 3.05) is 19.6 Å². The molecule has 0 heterocycles. The SMILES string of the molecule is CCN(CC)C(=O)NCCC(C)N. The molecule has 0 aliphatic rings. The van der Waals surface area contributed by atoms with Gasteiger partial charge in [-0.25, -0.2) is 4.79 Å². The average Bonchev–Trinajstić information content (AvgIpc) is 2.05. The molecule has 3 N–H and O–H groups in total. The molecule has 0 aromatic carbocycles. The Morgan fingerprint density at radius 1 is 1.46 bits per heavy atom. The quantitative estimate of drug-likeness (QED) is 0.668. The summed E-state index contributed by atoms with van der Waals surface area (Å²) in [5.41, 5.74) is 5.55. The van der Waals surface area contributed by atoms with Crippen LogP contribution in [-0.2, 0) is 0 Å². The molecule has 4 heteroatoms. The second-order valence-corrected chi connectivity index (χ2v) is 3.17. The smallest absolute Gasteiger partial charge is 0.317 e. The predicted molar refractivity (Wildman–Crippen MR) is 54.6 cm³/mol. The van der Waals surface area contributed by atoms with Gasteiger partial charge < -0.3 is 16.0 Å². The molecule has 1 atom stereocenters. The normalized spacial score (nSPS) is 12.3. The van der Waals surface area contributed by atoms with Crippen molar-refractivity contribution in [3.8, 4) is 0 Å². The van der Waals surface area contributed by atoms with Gasteiger partial charge in [-0.05, 0) is 27.2 Å². The molecule has 0 fully saturated rings. The number of nitrogens with one attached hydrogen (secondary N) is 1. The minimum absolute atomic E-state index is 0.00523. The van der Waals surface area contributed by atoms with E-state index in [1.54, 1.807) is 4.90 Å². The van der Waals surface area contributed by atoms with Gasteiger partial charge in [0.1, 0.15) is 0 Å². The maximum absolute atomic E-state index is 11.4. The van der Waals surface area contributed by atoms with Gasteiger partial charge in [-0.2, -0.15) is 0 Å². The van der Waals surface area contributed by atoms with Crippen molar-refractivity contribution in [3.05, 3.63) is 0 Å². The summed E-state index contributed by atoms with van der Waals surface area (Å²) in [6.45, 7) is 8.03. The molecule has 0 radical (unpaired) electrons. The number of carbonyl (C=O) groups excluding carboxylic acids is 1. The summed E-state index contributed by atoms with van der Waals surface area (Å²) in [5.74, 6) is 0. The molecule has 0 bridgehead atoms. The first-order valence-electron chi connectivity index (χ1n) is 4.90. The fourth-order valence-electron chi connectivity index (χ4n) is 1.03. The Morgan fingerprint density at radius 3 is 2.38 bits per heavy atom. The first kappa shape index (κ1) is 12.2. The third-order valence-electron chi connectivity index (χ3n) is 1.93. The highest BCUT2D eigenvalue weighted by molar-refractivity contribution is 5.73. The lowest BCUT2D eigenvalue weighted by Crippen LogP contribution is -2.40. The van der Waals surface area contributed by atoms with Gasteiger partial charge >= 0.3 is 6.03 Å². The summed E-state index contributed by atoms with van der Waals surface area (Å²) in [4.78, 5) is 13.1. The molecule has 13 heavy (non-hydrogen) atoms. The number of amides is 2. The van der Waals surface area contributed by atoms with E-state index in [0.717, 1.165) is 19.5 Å². The number of nitrogens with zero attached hydrogens (tertiary/aromatic N) is 1. The maximum atomic E-state index is 11.4. The number of hydrogen-bond acceptors (Lipinski definition) is 2. The van der Waals surface area contributed by atoms with E-state index in [1.165, 1.54) is 0 Å². The van der Waals surface area contributed by atoms with E-state index in [-0.39, 0.29) is 12.1 Å². The lowest BCUT2D eigenvalue weighted by molar-refractivity contribution is 0.203. The number of nitrogens with two attached hydrogens (primary N) is 1. The molecule has 78 valence electrons. The first-order chi connectivity index (χ1) is 6.11. The number of rotatable bonds is 5. The van der Waals surface area contributed by atoms with Gasteiger partial charge in [-0.1, -0.05) is 0 Å². The maximum Gasteiger partial charge on any atom is 0.317 e. The van der Waals surface area contributed by atoms with Crippen molar-refractivity contribution in [1.82, 2.24) is 10.2 Å². The highest BCUT2D eigenvalue weighted by atomic mass is 16.2. The van der Waals surface area contributed by atoms with Crippen LogP contribution in [0.3, 0.4) is 0 Å². The lowest BCUT2D eigenvalue weighted by Gasteiger charge is -2.19. The van der Waals surface area contributed by atoms with Crippen LogP contribution in [0.25, 0.3) is 0 Å². The summed E-state index contributed by atoms with van der Waals surface area (Å²) in [6.07, 6.45) is 0.826. The molecule has 0 saturated carbocycles. The Morgan fingerprint density at radius 2 is 2.00 bits per heavy atom. The van der Waals surface area contributed by atoms with E-state index in [4.69, 9.17) is 5.73 Å². The second-order valence-electron chi connectivity index (χ2n) is 3.17. The van der Waals surface area contributed by atoms with E-state index < -0.39 is 0 Å². The number of hydrogen-bond donors (Lipinski definition) is 2. The summed E-state index contributed by atoms with van der Waals surface area (Å²) >= 11 is 0. The summed E-state index contributed by atoms with van der Waals surface area (Å²) in [5, 5.41) is 2.82. The van der Waals surface area contributed by atoms with Crippen molar-refractivity contribution < 1.29 is 4.79 Å². The van der Waals surface area contributed by atoms with Crippen LogP contribution in [-0.4, -0.2) is 36.6 Å². The molecule has 0 aliphatic heterocycles. The second kappa shape index (κ2) is 6.71. The van der Waals surface area contributed by atoms with Crippen molar-refractivity contribution in [2.45, 2.75) is 33.2 Å². The largest absolute Gasteiger partial charge is 0.338 e. The molecule has 0 aromatic rings. The zero-order valence-electron chi connectivity index (χ0n) is 8.84. The summed E-state index contributed by atoms with van der Waals surface area (Å²) in [7, 11) is 0. The van der Waals surface area contributed by atoms with Gasteiger partial charge in [0.05, 0.1) is 0 Å². The molecule has 0 aromatic heterocycles. The highest BCUT2D eigenvalue weighted by Crippen LogP contribution is 1.89. The van der Waals surface area contributed by atoms with Crippen molar-refractivity contribution in [3.63, 3.8) is 0 Å². The first-order valence-corrected chi connectivity index (χ1v) is 4.90. The topological polar surface area (TPSA) is 58.4 Å². The van der Waals surface area contributed by atoms with Crippen LogP contribution in [0.15, 0.2) is 0 Å². The minimum Gasteiger partial charge on any atom is -0.338 e. The average molecular weight is 187 g/mol. The Labute approximate surface area is 80.5 Å². The van der Waals surface area contributed by atoms with E-state index in [1.807, 2.05) is 20.8 Å². The Balaban J connectivity index is 3.60. The van der Waals surface area contributed by atoms with Crippen LogP contribution in [0.4, 0.5) is 4.79 Å². The monoisotopic (exact) mass is 187 g/mol. The zero-order valence-corrected chi connectivity index (χ0v) is 8.84. The highest BCUT2D eigenvalue weighted by Gasteiger charge is 2.07. The van der Waals surface area contributed by atoms with Crippen LogP contribution >= 0.6 is 0 Å². The lowest BCUT2D eigenvalue weighted by atomic mass is 10.2. The van der Waals surface area contributed by atoms with Gasteiger partial charge in [-0.3, -0.25) is 0 Å². The van der Waals surface area contributed by atoms with Crippen LogP contribution in [0, 0.1) is 0 Å². The Bertz CT molecular complexity index is 144. The predicted octanol–water partition coefficient (Wildman–Crippen LogP) is 0.775. The standard InChI is InChI=1S/C9H21N3O/c1-4-12(5-2)9(13)11-7-6-8(3)10/h8H,4-7,10H2,1-3H3,(H,11,13). The van der Waals surface area contributed by atoms with Crippen molar-refractivity contribution in [2.24, 2.45) is 5.73 Å². The van der Waals surface area contributed by atoms with Crippen molar-refractivity contribution >= 4 is 6.03 Å². The molecule has 0 aliphatic carbocycles. The summed E-state index contributed by atoms with van der Waals surface area (Å²) < 4.78 is 0. The zero-order chi connectivity index (χ0) is 10.3. The number of carbonyl (C=O) groups is 1. The fourth-order valence-corrected chi connectivity index (χ4v) is 1.03. The molecule has 4 nitrogen and oxygen atoms in total. The molecule has 0 saturated heterocycles. The van der Waals surface area contributed by atoms with E-state index in [9.17, 15) is 4.79 Å². The Hall–Kier alpha value is -0.770. The van der Waals surface area contributed by atoms with Crippen LogP contribution in [0.5, 0.6) is 0 Å².